The maximum atomic E-state index is 6.69. The average molecular weight is 795 g/mol. The van der Waals surface area contributed by atoms with Crippen LogP contribution in [0.5, 0.6) is 0 Å². The highest BCUT2D eigenvalue weighted by atomic mass is 16.3. The SMILES string of the molecule is c1ccc(-c2cc(-c3ccc(-c4ccc(-c5ccc6c(c5)oc5ccccc56)c5c4oc4ccccc45)cc3)nc(-c3ccc(-c4cnc(-c5ccccc5)nc4)cc3)n2)cc1. The summed E-state index contributed by atoms with van der Waals surface area (Å²) in [5.74, 6) is 1.35. The summed E-state index contributed by atoms with van der Waals surface area (Å²) in [7, 11) is 0. The fraction of sp³-hybridized carbons (Fsp3) is 0. The Labute approximate surface area is 356 Å². The summed E-state index contributed by atoms with van der Waals surface area (Å²) < 4.78 is 13.0. The van der Waals surface area contributed by atoms with Crippen molar-refractivity contribution in [1.82, 2.24) is 19.9 Å². The van der Waals surface area contributed by atoms with Crippen LogP contribution in [-0.4, -0.2) is 19.9 Å². The summed E-state index contributed by atoms with van der Waals surface area (Å²) >= 11 is 0. The van der Waals surface area contributed by atoms with E-state index in [-0.39, 0.29) is 0 Å². The highest BCUT2D eigenvalue weighted by Gasteiger charge is 2.19. The molecule has 12 aromatic rings. The molecule has 0 unspecified atom stereocenters. The van der Waals surface area contributed by atoms with E-state index in [1.807, 2.05) is 91.3 Å². The van der Waals surface area contributed by atoms with Crippen molar-refractivity contribution in [2.75, 3.05) is 0 Å². The van der Waals surface area contributed by atoms with E-state index in [2.05, 4.69) is 125 Å². The Morgan fingerprint density at radius 2 is 0.823 bits per heavy atom. The van der Waals surface area contributed by atoms with Crippen LogP contribution in [0.3, 0.4) is 0 Å². The van der Waals surface area contributed by atoms with Crippen molar-refractivity contribution in [2.24, 2.45) is 0 Å². The summed E-state index contributed by atoms with van der Waals surface area (Å²) in [6, 6.07) is 66.5. The molecule has 290 valence electrons. The number of hydrogen-bond acceptors (Lipinski definition) is 6. The molecular weight excluding hydrogens is 761 g/mol. The topological polar surface area (TPSA) is 77.8 Å². The van der Waals surface area contributed by atoms with Gasteiger partial charge in [0.1, 0.15) is 22.3 Å². The van der Waals surface area contributed by atoms with E-state index < -0.39 is 0 Å². The molecule has 0 atom stereocenters. The van der Waals surface area contributed by atoms with E-state index in [9.17, 15) is 0 Å². The minimum absolute atomic E-state index is 0.646. The number of rotatable bonds is 7. The largest absolute Gasteiger partial charge is 0.456 e. The van der Waals surface area contributed by atoms with Crippen LogP contribution in [0.25, 0.3) is 123 Å². The van der Waals surface area contributed by atoms with Crippen molar-refractivity contribution < 1.29 is 8.83 Å². The van der Waals surface area contributed by atoms with Gasteiger partial charge in [0, 0.05) is 67.3 Å². The second-order valence-corrected chi connectivity index (χ2v) is 15.4. The third kappa shape index (κ3) is 6.21. The Morgan fingerprint density at radius 3 is 1.55 bits per heavy atom. The molecule has 0 aliphatic carbocycles. The molecule has 0 N–H and O–H groups in total. The molecule has 6 heteroatoms. The van der Waals surface area contributed by atoms with E-state index in [1.165, 1.54) is 0 Å². The second kappa shape index (κ2) is 14.7. The Balaban J connectivity index is 0.904. The Morgan fingerprint density at radius 1 is 0.306 bits per heavy atom. The zero-order chi connectivity index (χ0) is 41.0. The minimum Gasteiger partial charge on any atom is -0.456 e. The fourth-order valence-corrected chi connectivity index (χ4v) is 8.52. The molecule has 4 heterocycles. The van der Waals surface area contributed by atoms with Gasteiger partial charge < -0.3 is 8.83 Å². The monoisotopic (exact) mass is 794 g/mol. The van der Waals surface area contributed by atoms with Crippen molar-refractivity contribution in [3.05, 3.63) is 207 Å². The van der Waals surface area contributed by atoms with Gasteiger partial charge in [-0.15, -0.1) is 0 Å². The molecule has 12 rings (SSSR count). The molecule has 0 saturated carbocycles. The lowest BCUT2D eigenvalue weighted by Gasteiger charge is -2.11. The molecule has 0 aliphatic rings. The van der Waals surface area contributed by atoms with Gasteiger partial charge in [-0.2, -0.15) is 0 Å². The van der Waals surface area contributed by atoms with Crippen molar-refractivity contribution >= 4 is 43.9 Å². The van der Waals surface area contributed by atoms with Crippen LogP contribution in [0.2, 0.25) is 0 Å². The quantitative estimate of drug-likeness (QED) is 0.160. The van der Waals surface area contributed by atoms with E-state index in [4.69, 9.17) is 18.8 Å². The fourth-order valence-electron chi connectivity index (χ4n) is 8.52. The zero-order valence-electron chi connectivity index (χ0n) is 33.2. The zero-order valence-corrected chi connectivity index (χ0v) is 33.2. The molecule has 0 amide bonds. The first-order chi connectivity index (χ1) is 30.7. The van der Waals surface area contributed by atoms with E-state index in [0.717, 1.165) is 111 Å². The lowest BCUT2D eigenvalue weighted by molar-refractivity contribution is 0.668. The highest BCUT2D eigenvalue weighted by Crippen LogP contribution is 2.43. The molecule has 62 heavy (non-hydrogen) atoms. The predicted octanol–water partition coefficient (Wildman–Crippen LogP) is 14.7. The van der Waals surface area contributed by atoms with Crippen LogP contribution in [-0.2, 0) is 0 Å². The molecule has 6 nitrogen and oxygen atoms in total. The third-order valence-electron chi connectivity index (χ3n) is 11.7. The third-order valence-corrected chi connectivity index (χ3v) is 11.7. The maximum absolute atomic E-state index is 6.69. The van der Waals surface area contributed by atoms with Gasteiger partial charge in [-0.1, -0.05) is 158 Å². The van der Waals surface area contributed by atoms with E-state index in [0.29, 0.717) is 11.6 Å². The molecule has 0 bridgehead atoms. The lowest BCUT2D eigenvalue weighted by Crippen LogP contribution is -1.96. The number of benzene rings is 8. The van der Waals surface area contributed by atoms with Crippen molar-refractivity contribution in [3.63, 3.8) is 0 Å². The van der Waals surface area contributed by atoms with E-state index >= 15 is 0 Å². The van der Waals surface area contributed by atoms with Crippen molar-refractivity contribution in [3.8, 4) is 78.7 Å². The van der Waals surface area contributed by atoms with Gasteiger partial charge in [0.15, 0.2) is 11.6 Å². The smallest absolute Gasteiger partial charge is 0.160 e. The maximum Gasteiger partial charge on any atom is 0.160 e. The predicted molar refractivity (Wildman–Crippen MR) is 250 cm³/mol. The normalized spacial score (nSPS) is 11.5. The average Bonchev–Trinajstić information content (AvgIpc) is 3.93. The highest BCUT2D eigenvalue weighted by molar-refractivity contribution is 6.17. The molecular formula is C56H34N4O2. The Hall–Kier alpha value is -8.48. The van der Waals surface area contributed by atoms with E-state index in [1.54, 1.807) is 0 Å². The number of furan rings is 2. The summed E-state index contributed by atoms with van der Waals surface area (Å²) in [5.41, 5.74) is 15.2. The van der Waals surface area contributed by atoms with Crippen LogP contribution in [0, 0.1) is 0 Å². The van der Waals surface area contributed by atoms with Gasteiger partial charge in [0.05, 0.1) is 11.4 Å². The number of aromatic nitrogens is 4. The number of fused-ring (bicyclic) bond motifs is 6. The standard InChI is InChI=1S/C56H34N4O2/c1-3-11-37(12-4-1)48-32-49(60-56(59-48)40-25-19-35(20-26-40)42-33-57-55(58-34-42)39-13-5-2-6-14-39)38-23-21-36(22-24-38)44-30-29-43(53-47-16-8-10-18-51(47)62-54(44)53)41-27-28-46-45-15-7-9-17-50(45)61-52(46)31-41/h1-34H. The first-order valence-corrected chi connectivity index (χ1v) is 20.6. The number of hydrogen-bond donors (Lipinski definition) is 0. The van der Waals surface area contributed by atoms with Crippen LogP contribution < -0.4 is 0 Å². The molecule has 4 aromatic heterocycles. The lowest BCUT2D eigenvalue weighted by atomic mass is 9.93. The summed E-state index contributed by atoms with van der Waals surface area (Å²) in [5, 5.41) is 4.38. The minimum atomic E-state index is 0.646. The summed E-state index contributed by atoms with van der Waals surface area (Å²) in [4.78, 5) is 19.5. The van der Waals surface area contributed by atoms with Crippen molar-refractivity contribution in [2.45, 2.75) is 0 Å². The first-order valence-electron chi connectivity index (χ1n) is 20.6. The van der Waals surface area contributed by atoms with Crippen LogP contribution in [0.1, 0.15) is 0 Å². The Kier molecular flexibility index (Phi) is 8.38. The van der Waals surface area contributed by atoms with Crippen LogP contribution in [0.15, 0.2) is 215 Å². The summed E-state index contributed by atoms with van der Waals surface area (Å²) in [6.45, 7) is 0. The molecule has 0 saturated heterocycles. The van der Waals surface area contributed by atoms with Gasteiger partial charge in [-0.05, 0) is 58.7 Å². The summed E-state index contributed by atoms with van der Waals surface area (Å²) in [6.07, 6.45) is 3.74. The molecule has 0 radical (unpaired) electrons. The molecule has 0 aliphatic heterocycles. The number of para-hydroxylation sites is 2. The van der Waals surface area contributed by atoms with Crippen LogP contribution in [0.4, 0.5) is 0 Å². The molecule has 0 fully saturated rings. The van der Waals surface area contributed by atoms with Gasteiger partial charge >= 0.3 is 0 Å². The van der Waals surface area contributed by atoms with Gasteiger partial charge in [0.25, 0.3) is 0 Å². The van der Waals surface area contributed by atoms with Crippen LogP contribution >= 0.6 is 0 Å². The molecule has 8 aromatic carbocycles. The van der Waals surface area contributed by atoms with Gasteiger partial charge in [0.2, 0.25) is 0 Å². The Bertz CT molecular complexity index is 3600. The first kappa shape index (κ1) is 35.5. The molecule has 0 spiro atoms. The van der Waals surface area contributed by atoms with Gasteiger partial charge in [-0.25, -0.2) is 19.9 Å². The van der Waals surface area contributed by atoms with Gasteiger partial charge in [-0.3, -0.25) is 0 Å². The second-order valence-electron chi connectivity index (χ2n) is 15.4. The van der Waals surface area contributed by atoms with Crippen molar-refractivity contribution in [1.29, 1.82) is 0 Å². The number of nitrogens with zero attached hydrogens (tertiary/aromatic N) is 4.